The van der Waals surface area contributed by atoms with Crippen LogP contribution in [0.5, 0.6) is 0 Å². The minimum atomic E-state index is -0.201. The highest BCUT2D eigenvalue weighted by atomic mass is 16.1. The van der Waals surface area contributed by atoms with Crippen molar-refractivity contribution in [2.45, 2.75) is 6.92 Å². The second-order valence-electron chi connectivity index (χ2n) is 5.09. The van der Waals surface area contributed by atoms with Crippen LogP contribution in [0.4, 0.5) is 5.69 Å². The first-order valence-electron chi connectivity index (χ1n) is 7.16. The van der Waals surface area contributed by atoms with Gasteiger partial charge >= 0.3 is 0 Å². The van der Waals surface area contributed by atoms with E-state index in [1.165, 1.54) is 6.92 Å². The number of benzene rings is 2. The summed E-state index contributed by atoms with van der Waals surface area (Å²) in [5.74, 6) is -0.204. The highest BCUT2D eigenvalue weighted by Crippen LogP contribution is 2.13. The van der Waals surface area contributed by atoms with Gasteiger partial charge in [-0.25, -0.2) is 4.68 Å². The van der Waals surface area contributed by atoms with E-state index in [4.69, 9.17) is 0 Å². The lowest BCUT2D eigenvalue weighted by molar-refractivity contribution is 0.101. The maximum Gasteiger partial charge on any atom is 0.255 e. The van der Waals surface area contributed by atoms with Gasteiger partial charge in [0.05, 0.1) is 5.69 Å². The summed E-state index contributed by atoms with van der Waals surface area (Å²) in [5.41, 5.74) is 2.71. The second-order valence-corrected chi connectivity index (χ2v) is 5.09. The van der Waals surface area contributed by atoms with Crippen LogP contribution in [0.15, 0.2) is 67.0 Å². The summed E-state index contributed by atoms with van der Waals surface area (Å²) < 4.78 is 1.72. The molecule has 0 spiro atoms. The number of ketones is 1. The molecule has 0 radical (unpaired) electrons. The Bertz CT molecular complexity index is 820. The molecule has 114 valence electrons. The normalized spacial score (nSPS) is 10.3. The maximum atomic E-state index is 12.2. The number of anilines is 1. The molecule has 0 bridgehead atoms. The van der Waals surface area contributed by atoms with E-state index >= 15 is 0 Å². The molecule has 0 saturated heterocycles. The summed E-state index contributed by atoms with van der Waals surface area (Å²) in [6.45, 7) is 1.51. The van der Waals surface area contributed by atoms with Crippen LogP contribution in [0.25, 0.3) is 5.69 Å². The van der Waals surface area contributed by atoms with Crippen molar-refractivity contribution in [1.29, 1.82) is 0 Å². The topological polar surface area (TPSA) is 64.0 Å². The first-order valence-corrected chi connectivity index (χ1v) is 7.16. The molecule has 0 aliphatic heterocycles. The zero-order valence-electron chi connectivity index (χ0n) is 12.6. The van der Waals surface area contributed by atoms with E-state index in [2.05, 4.69) is 10.4 Å². The number of nitrogens with one attached hydrogen (secondary N) is 1. The van der Waals surface area contributed by atoms with Crippen LogP contribution >= 0.6 is 0 Å². The van der Waals surface area contributed by atoms with Gasteiger partial charge in [0.25, 0.3) is 5.91 Å². The van der Waals surface area contributed by atoms with Gasteiger partial charge in [0, 0.05) is 29.2 Å². The third kappa shape index (κ3) is 3.35. The standard InChI is InChI=1S/C18H15N3O2/c1-13(22)14-3-7-16(8-4-14)20-18(23)15-5-9-17(10-6-15)21-12-2-11-19-21/h2-12H,1H3,(H,20,23). The Kier molecular flexibility index (Phi) is 4.01. The van der Waals surface area contributed by atoms with Crippen molar-refractivity contribution in [2.24, 2.45) is 0 Å². The fraction of sp³-hybridized carbons (Fsp3) is 0.0556. The van der Waals surface area contributed by atoms with Crippen molar-refractivity contribution in [3.8, 4) is 5.69 Å². The van der Waals surface area contributed by atoms with Gasteiger partial charge < -0.3 is 5.32 Å². The molecule has 1 N–H and O–H groups in total. The van der Waals surface area contributed by atoms with E-state index in [1.807, 2.05) is 24.4 Å². The lowest BCUT2D eigenvalue weighted by Gasteiger charge is -2.07. The number of nitrogens with zero attached hydrogens (tertiary/aromatic N) is 2. The summed E-state index contributed by atoms with van der Waals surface area (Å²) in [4.78, 5) is 23.5. The minimum Gasteiger partial charge on any atom is -0.322 e. The van der Waals surface area contributed by atoms with Crippen LogP contribution in [0, 0.1) is 0 Å². The van der Waals surface area contributed by atoms with Gasteiger partial charge in [-0.1, -0.05) is 0 Å². The predicted molar refractivity (Wildman–Crippen MR) is 88.0 cm³/mol. The molecule has 0 unspecified atom stereocenters. The monoisotopic (exact) mass is 305 g/mol. The number of carbonyl (C=O) groups excluding carboxylic acids is 2. The Labute approximate surface area is 133 Å². The van der Waals surface area contributed by atoms with Gasteiger partial charge in [0.1, 0.15) is 0 Å². The predicted octanol–water partition coefficient (Wildman–Crippen LogP) is 3.33. The number of carbonyl (C=O) groups is 2. The van der Waals surface area contributed by atoms with Crippen molar-refractivity contribution in [3.05, 3.63) is 78.1 Å². The Morgan fingerprint density at radius 1 is 0.957 bits per heavy atom. The van der Waals surface area contributed by atoms with Crippen molar-refractivity contribution >= 4 is 17.4 Å². The molecule has 23 heavy (non-hydrogen) atoms. The van der Waals surface area contributed by atoms with Crippen molar-refractivity contribution in [3.63, 3.8) is 0 Å². The zero-order chi connectivity index (χ0) is 16.2. The molecule has 1 amide bonds. The van der Waals surface area contributed by atoms with E-state index in [1.54, 1.807) is 47.3 Å². The average Bonchev–Trinajstić information content (AvgIpc) is 3.10. The van der Waals surface area contributed by atoms with Crippen LogP contribution < -0.4 is 5.32 Å². The largest absolute Gasteiger partial charge is 0.322 e. The Morgan fingerprint density at radius 3 is 2.17 bits per heavy atom. The minimum absolute atomic E-state index is 0.00270. The molecule has 3 aromatic rings. The van der Waals surface area contributed by atoms with E-state index < -0.39 is 0 Å². The molecular weight excluding hydrogens is 290 g/mol. The number of aromatic nitrogens is 2. The SMILES string of the molecule is CC(=O)c1ccc(NC(=O)c2ccc(-n3cccn3)cc2)cc1. The molecule has 0 atom stereocenters. The van der Waals surface area contributed by atoms with Crippen molar-refractivity contribution < 1.29 is 9.59 Å². The first-order chi connectivity index (χ1) is 11.1. The van der Waals surface area contributed by atoms with Gasteiger partial charge in [-0.3, -0.25) is 9.59 Å². The van der Waals surface area contributed by atoms with Crippen LogP contribution in [0.2, 0.25) is 0 Å². The van der Waals surface area contributed by atoms with Crippen molar-refractivity contribution in [1.82, 2.24) is 9.78 Å². The summed E-state index contributed by atoms with van der Waals surface area (Å²) >= 11 is 0. The molecule has 1 heterocycles. The molecule has 0 saturated carbocycles. The summed E-state index contributed by atoms with van der Waals surface area (Å²) in [6.07, 6.45) is 3.54. The fourth-order valence-corrected chi connectivity index (χ4v) is 2.18. The third-order valence-electron chi connectivity index (χ3n) is 3.45. The maximum absolute atomic E-state index is 12.2. The van der Waals surface area contributed by atoms with Crippen LogP contribution in [-0.4, -0.2) is 21.5 Å². The Balaban J connectivity index is 1.71. The number of rotatable bonds is 4. The molecule has 5 heteroatoms. The van der Waals surface area contributed by atoms with Gasteiger partial charge in [0.15, 0.2) is 5.78 Å². The van der Waals surface area contributed by atoms with Gasteiger partial charge in [-0.2, -0.15) is 5.10 Å². The van der Waals surface area contributed by atoms with Crippen molar-refractivity contribution in [2.75, 3.05) is 5.32 Å². The molecule has 0 fully saturated rings. The number of hydrogen-bond acceptors (Lipinski definition) is 3. The second kappa shape index (κ2) is 6.27. The quantitative estimate of drug-likeness (QED) is 0.752. The lowest BCUT2D eigenvalue weighted by atomic mass is 10.1. The fourth-order valence-electron chi connectivity index (χ4n) is 2.18. The molecule has 0 aliphatic carbocycles. The zero-order valence-corrected chi connectivity index (χ0v) is 12.6. The molecule has 3 rings (SSSR count). The van der Waals surface area contributed by atoms with E-state index in [9.17, 15) is 9.59 Å². The number of amides is 1. The van der Waals surface area contributed by atoms with Crippen LogP contribution in [0.1, 0.15) is 27.6 Å². The molecule has 5 nitrogen and oxygen atoms in total. The van der Waals surface area contributed by atoms with Gasteiger partial charge in [0.2, 0.25) is 0 Å². The van der Waals surface area contributed by atoms with E-state index in [0.29, 0.717) is 16.8 Å². The summed E-state index contributed by atoms with van der Waals surface area (Å²) in [5, 5.41) is 6.95. The Hall–Kier alpha value is -3.21. The van der Waals surface area contributed by atoms with Crippen LogP contribution in [-0.2, 0) is 0 Å². The summed E-state index contributed by atoms with van der Waals surface area (Å²) in [7, 11) is 0. The molecular formula is C18H15N3O2. The highest BCUT2D eigenvalue weighted by Gasteiger charge is 2.07. The summed E-state index contributed by atoms with van der Waals surface area (Å²) in [6, 6.07) is 15.8. The highest BCUT2D eigenvalue weighted by molar-refractivity contribution is 6.04. The van der Waals surface area contributed by atoms with E-state index in [0.717, 1.165) is 5.69 Å². The molecule has 2 aromatic carbocycles. The molecule has 0 aliphatic rings. The first kappa shape index (κ1) is 14.7. The third-order valence-corrected chi connectivity index (χ3v) is 3.45. The van der Waals surface area contributed by atoms with Gasteiger partial charge in [-0.15, -0.1) is 0 Å². The average molecular weight is 305 g/mol. The molecule has 1 aromatic heterocycles. The number of hydrogen-bond donors (Lipinski definition) is 1. The van der Waals surface area contributed by atoms with Crippen LogP contribution in [0.3, 0.4) is 0 Å². The number of Topliss-reactive ketones (excluding diaryl/α,β-unsaturated/α-hetero) is 1. The Morgan fingerprint density at radius 2 is 1.61 bits per heavy atom. The lowest BCUT2D eigenvalue weighted by Crippen LogP contribution is -2.12. The smallest absolute Gasteiger partial charge is 0.255 e. The van der Waals surface area contributed by atoms with Gasteiger partial charge in [-0.05, 0) is 61.5 Å². The van der Waals surface area contributed by atoms with E-state index in [-0.39, 0.29) is 11.7 Å².